The van der Waals surface area contributed by atoms with Crippen LogP contribution in [0.25, 0.3) is 0 Å². The van der Waals surface area contributed by atoms with Crippen molar-refractivity contribution >= 4 is 43.5 Å². The highest BCUT2D eigenvalue weighted by Gasteiger charge is 2.36. The maximum absolute atomic E-state index is 13.5. The van der Waals surface area contributed by atoms with E-state index in [1.807, 2.05) is 20.8 Å². The van der Waals surface area contributed by atoms with Crippen LogP contribution < -0.4 is 15.4 Å². The maximum atomic E-state index is 13.5. The summed E-state index contributed by atoms with van der Waals surface area (Å²) in [6.45, 7) is 6.91. The Bertz CT molecular complexity index is 1750. The molecule has 48 heavy (non-hydrogen) atoms. The Hall–Kier alpha value is -4.11. The van der Waals surface area contributed by atoms with Crippen LogP contribution >= 0.6 is 0 Å². The first-order valence-electron chi connectivity index (χ1n) is 15.6. The lowest BCUT2D eigenvalue weighted by molar-refractivity contribution is -0.142. The van der Waals surface area contributed by atoms with Gasteiger partial charge in [-0.3, -0.25) is 14.4 Å². The summed E-state index contributed by atoms with van der Waals surface area (Å²) in [4.78, 5) is 36.9. The monoisotopic (exact) mass is 700 g/mol. The van der Waals surface area contributed by atoms with Crippen LogP contribution in [0.5, 0.6) is 0 Å². The van der Waals surface area contributed by atoms with Crippen LogP contribution in [-0.4, -0.2) is 69.2 Å². The summed E-state index contributed by atoms with van der Waals surface area (Å²) < 4.78 is 57.1. The Morgan fingerprint density at radius 1 is 0.833 bits per heavy atom. The Balaban J connectivity index is 1.68. The van der Waals surface area contributed by atoms with Crippen molar-refractivity contribution in [3.8, 4) is 0 Å². The third-order valence-electron chi connectivity index (χ3n) is 7.39. The zero-order chi connectivity index (χ0) is 35.5. The molecule has 3 aromatic carbocycles. The van der Waals surface area contributed by atoms with Crippen molar-refractivity contribution in [3.05, 3.63) is 90.0 Å². The predicted molar refractivity (Wildman–Crippen MR) is 183 cm³/mol. The topological polar surface area (TPSA) is 179 Å². The van der Waals surface area contributed by atoms with Gasteiger partial charge in [0, 0.05) is 25.7 Å². The lowest BCUT2D eigenvalue weighted by atomic mass is 10.1. The van der Waals surface area contributed by atoms with Gasteiger partial charge in [-0.2, -0.15) is 9.03 Å². The van der Waals surface area contributed by atoms with E-state index < -0.39 is 44.0 Å². The van der Waals surface area contributed by atoms with Gasteiger partial charge in [-0.15, -0.1) is 0 Å². The number of carbonyl (C=O) groups excluding carboxylic acids is 2. The predicted octanol–water partition coefficient (Wildman–Crippen LogP) is 3.93. The third-order valence-corrected chi connectivity index (χ3v) is 10.8. The fourth-order valence-electron chi connectivity index (χ4n) is 5.00. The highest BCUT2D eigenvalue weighted by Crippen LogP contribution is 2.23. The van der Waals surface area contributed by atoms with Gasteiger partial charge in [0.1, 0.15) is 12.1 Å². The first-order chi connectivity index (χ1) is 22.6. The summed E-state index contributed by atoms with van der Waals surface area (Å²) in [6.07, 6.45) is 0.686. The Morgan fingerprint density at radius 3 is 2.00 bits per heavy atom. The number of anilines is 1. The molecule has 4 N–H and O–H groups in total. The zero-order valence-corrected chi connectivity index (χ0v) is 29.2. The van der Waals surface area contributed by atoms with Crippen LogP contribution in [0.2, 0.25) is 0 Å². The summed E-state index contributed by atoms with van der Waals surface area (Å²) in [5.74, 6) is -2.28. The van der Waals surface area contributed by atoms with Gasteiger partial charge in [0.15, 0.2) is 0 Å². The molecule has 14 heteroatoms. The van der Waals surface area contributed by atoms with Crippen LogP contribution in [0.1, 0.15) is 51.2 Å². The van der Waals surface area contributed by atoms with Crippen LogP contribution in [0.3, 0.4) is 0 Å². The molecule has 0 bridgehead atoms. The number of nitrogens with zero attached hydrogens (tertiary/aromatic N) is 1. The molecule has 0 heterocycles. The van der Waals surface area contributed by atoms with Crippen LogP contribution in [0, 0.1) is 12.8 Å². The molecule has 0 saturated carbocycles. The number of unbranched alkanes of at least 4 members (excludes halogenated alkanes) is 1. The van der Waals surface area contributed by atoms with E-state index in [0.717, 1.165) is 15.4 Å². The zero-order valence-electron chi connectivity index (χ0n) is 27.5. The number of aryl methyl sites for hydroxylation is 1. The second kappa shape index (κ2) is 17.3. The van der Waals surface area contributed by atoms with E-state index in [0.29, 0.717) is 12.1 Å². The molecular formula is C34H44N4O8S2. The normalized spacial score (nSPS) is 13.2. The molecule has 0 saturated heterocycles. The minimum atomic E-state index is -4.14. The third kappa shape index (κ3) is 11.3. The van der Waals surface area contributed by atoms with Gasteiger partial charge in [0.2, 0.25) is 31.9 Å². The fourth-order valence-corrected chi connectivity index (χ4v) is 7.97. The number of rotatable bonds is 18. The van der Waals surface area contributed by atoms with E-state index in [-0.39, 0.29) is 54.0 Å². The summed E-state index contributed by atoms with van der Waals surface area (Å²) in [6, 6.07) is 18.2. The minimum absolute atomic E-state index is 0.0115. The van der Waals surface area contributed by atoms with Crippen molar-refractivity contribution in [1.29, 1.82) is 0 Å². The van der Waals surface area contributed by atoms with E-state index in [9.17, 15) is 36.3 Å². The van der Waals surface area contributed by atoms with E-state index in [1.165, 1.54) is 43.3 Å². The first kappa shape index (κ1) is 38.3. The number of hydrogen-bond acceptors (Lipinski definition) is 7. The molecule has 0 spiro atoms. The van der Waals surface area contributed by atoms with E-state index in [2.05, 4.69) is 15.4 Å². The van der Waals surface area contributed by atoms with Gasteiger partial charge in [-0.05, 0) is 80.5 Å². The first-order valence-corrected chi connectivity index (χ1v) is 18.6. The van der Waals surface area contributed by atoms with Crippen molar-refractivity contribution in [1.82, 2.24) is 14.3 Å². The van der Waals surface area contributed by atoms with Crippen molar-refractivity contribution in [2.24, 2.45) is 5.92 Å². The average Bonchev–Trinajstić information content (AvgIpc) is 3.01. The fraction of sp³-hybridized carbons (Fsp3) is 0.382. The average molecular weight is 701 g/mol. The summed E-state index contributed by atoms with van der Waals surface area (Å²) in [5.41, 5.74) is 2.02. The molecule has 0 aromatic heterocycles. The molecule has 0 fully saturated rings. The molecular weight excluding hydrogens is 657 g/mol. The second-order valence-electron chi connectivity index (χ2n) is 12.0. The number of carbonyl (C=O) groups is 3. The lowest BCUT2D eigenvalue weighted by Crippen LogP contribution is -2.48. The molecule has 0 aliphatic heterocycles. The molecule has 0 aliphatic carbocycles. The smallest absolute Gasteiger partial charge is 0.322 e. The molecule has 0 aliphatic rings. The number of hydrogen-bond donors (Lipinski definition) is 4. The van der Waals surface area contributed by atoms with Gasteiger partial charge < -0.3 is 15.7 Å². The van der Waals surface area contributed by atoms with Gasteiger partial charge in [-0.1, -0.05) is 61.9 Å². The minimum Gasteiger partial charge on any atom is -0.480 e. The summed E-state index contributed by atoms with van der Waals surface area (Å²) >= 11 is 0. The molecule has 0 unspecified atom stereocenters. The van der Waals surface area contributed by atoms with Gasteiger partial charge in [-0.25, -0.2) is 16.8 Å². The Kier molecular flexibility index (Phi) is 13.8. The van der Waals surface area contributed by atoms with Crippen LogP contribution in [-0.2, 0) is 40.9 Å². The molecule has 12 nitrogen and oxygen atoms in total. The second-order valence-corrected chi connectivity index (χ2v) is 15.6. The standard InChI is InChI=1S/C34H44N4O8S2/c1-24(2)23-38(48(45,46)30-17-13-25(3)14-18-30)32(34(41)42)12-8-9-21-35-33(40)31(22-27-10-6-5-7-11-27)37-47(43,44)29-19-15-28(16-20-29)36-26(4)39/h5-7,10-11,13-20,24,31-32,37H,8-9,12,21-23H2,1-4H3,(H,35,40)(H,36,39)(H,41,42)/t31-,32-/m0/s1. The highest BCUT2D eigenvalue weighted by molar-refractivity contribution is 7.89. The Morgan fingerprint density at radius 2 is 1.44 bits per heavy atom. The van der Waals surface area contributed by atoms with Gasteiger partial charge in [0.25, 0.3) is 0 Å². The van der Waals surface area contributed by atoms with E-state index in [1.54, 1.807) is 42.5 Å². The molecule has 2 atom stereocenters. The van der Waals surface area contributed by atoms with Gasteiger partial charge in [0.05, 0.1) is 9.79 Å². The molecule has 260 valence electrons. The number of carboxylic acid groups (broad SMARTS) is 1. The largest absolute Gasteiger partial charge is 0.480 e. The van der Waals surface area contributed by atoms with Crippen LogP contribution in [0.4, 0.5) is 5.69 Å². The van der Waals surface area contributed by atoms with Crippen molar-refractivity contribution in [2.75, 3.05) is 18.4 Å². The molecule has 0 radical (unpaired) electrons. The van der Waals surface area contributed by atoms with Crippen LogP contribution in [0.15, 0.2) is 88.7 Å². The number of carboxylic acids is 1. The number of nitrogens with one attached hydrogen (secondary N) is 3. The summed E-state index contributed by atoms with van der Waals surface area (Å²) in [7, 11) is -8.24. The molecule has 3 aromatic rings. The summed E-state index contributed by atoms with van der Waals surface area (Å²) in [5, 5.41) is 15.4. The van der Waals surface area contributed by atoms with Crippen molar-refractivity contribution in [2.45, 2.75) is 75.3 Å². The molecule has 2 amide bonds. The molecule has 3 rings (SSSR count). The SMILES string of the molecule is CC(=O)Nc1ccc(S(=O)(=O)N[C@@H](Cc2ccccc2)C(=O)NCCCC[C@@H](C(=O)O)N(CC(C)C)S(=O)(=O)c2ccc(C)cc2)cc1. The van der Waals surface area contributed by atoms with Crippen molar-refractivity contribution in [3.63, 3.8) is 0 Å². The number of sulfonamides is 2. The lowest BCUT2D eigenvalue weighted by Gasteiger charge is -2.29. The Labute approximate surface area is 283 Å². The number of amides is 2. The highest BCUT2D eigenvalue weighted by atomic mass is 32.2. The van der Waals surface area contributed by atoms with E-state index in [4.69, 9.17) is 0 Å². The van der Waals surface area contributed by atoms with Gasteiger partial charge >= 0.3 is 5.97 Å². The quantitative estimate of drug-likeness (QED) is 0.144. The van der Waals surface area contributed by atoms with Crippen molar-refractivity contribution < 1.29 is 36.3 Å². The number of aliphatic carboxylic acids is 1. The maximum Gasteiger partial charge on any atom is 0.322 e. The van der Waals surface area contributed by atoms with E-state index >= 15 is 0 Å². The number of benzene rings is 3.